The van der Waals surface area contributed by atoms with Gasteiger partial charge in [0.05, 0.1) is 75.2 Å². The lowest BCUT2D eigenvalue weighted by Gasteiger charge is -2.37. The maximum absolute atomic E-state index is 11.5. The van der Waals surface area contributed by atoms with Crippen molar-refractivity contribution in [3.8, 4) is 6.07 Å². The molecule has 0 bridgehead atoms. The molecular formula is C103H137N6O10P. The average molecular weight is 1650 g/mol. The van der Waals surface area contributed by atoms with E-state index in [-0.39, 0.29) is 76.1 Å². The highest BCUT2D eigenvalue weighted by Crippen LogP contribution is 2.46. The molecule has 0 heterocycles. The van der Waals surface area contributed by atoms with E-state index in [4.69, 9.17) is 38.0 Å². The van der Waals surface area contributed by atoms with Crippen molar-refractivity contribution < 1.29 is 47.4 Å². The van der Waals surface area contributed by atoms with Crippen LogP contribution in [0.4, 0.5) is 0 Å². The third kappa shape index (κ3) is 31.7. The molecule has 9 aromatic carbocycles. The topological polar surface area (TPSA) is 194 Å². The van der Waals surface area contributed by atoms with Gasteiger partial charge in [0.2, 0.25) is 5.91 Å². The number of nitrogens with zero attached hydrogens (tertiary/aromatic N) is 2. The number of carbonyl (C=O) groups is 2. The highest BCUT2D eigenvalue weighted by Gasteiger charge is 2.39. The first kappa shape index (κ1) is 96.9. The molecule has 0 radical (unpaired) electrons. The predicted octanol–water partition coefficient (Wildman–Crippen LogP) is 21.2. The summed E-state index contributed by atoms with van der Waals surface area (Å²) in [5, 5.41) is 33.7. The van der Waals surface area contributed by atoms with E-state index >= 15 is 0 Å². The van der Waals surface area contributed by atoms with E-state index in [1.165, 1.54) is 76.4 Å². The number of nitriles is 1. The van der Waals surface area contributed by atoms with Crippen molar-refractivity contribution in [1.29, 1.82) is 5.26 Å². The Labute approximate surface area is 720 Å². The van der Waals surface area contributed by atoms with Crippen molar-refractivity contribution in [2.75, 3.05) is 93.1 Å². The fourth-order valence-electron chi connectivity index (χ4n) is 16.0. The van der Waals surface area contributed by atoms with Crippen LogP contribution >= 0.6 is 8.53 Å². The molecule has 0 fully saturated rings. The number of aliphatic hydroxyl groups excluding tert-OH is 1. The summed E-state index contributed by atoms with van der Waals surface area (Å²) in [7, 11) is 0.180. The largest absolute Gasteiger partial charge is 0.463 e. The molecule has 17 heteroatoms. The van der Waals surface area contributed by atoms with Crippen LogP contribution in [-0.4, -0.2) is 127 Å². The van der Waals surface area contributed by atoms with E-state index in [1.54, 1.807) is 0 Å². The van der Waals surface area contributed by atoms with Gasteiger partial charge in [-0.25, -0.2) is 4.67 Å². The van der Waals surface area contributed by atoms with E-state index < -0.39 is 31.1 Å². The zero-order valence-electron chi connectivity index (χ0n) is 72.5. The van der Waals surface area contributed by atoms with E-state index in [0.717, 1.165) is 103 Å². The van der Waals surface area contributed by atoms with Gasteiger partial charge in [-0.15, -0.1) is 0 Å². The Balaban J connectivity index is 0.000000617. The summed E-state index contributed by atoms with van der Waals surface area (Å²) in [6.07, 6.45) is 17.9. The monoisotopic (exact) mass is 1650 g/mol. The summed E-state index contributed by atoms with van der Waals surface area (Å²) in [6, 6.07) is 100. The van der Waals surface area contributed by atoms with E-state index in [9.17, 15) is 14.7 Å². The standard InChI is InChI=1S/C87H107N3O5.C16H30N3O5P/c1-2-73(42-18-3-6-39-63-88-85(76-45-21-9-22-46-76,77-47-23-10-24-48-77)78-49-25-11-26-50-78)67-92-71-94-69-75(44-20-5-8-41-65-90-87(82-57-33-15-34-58-82,83-59-35-16-36-60-83)84-61-37-17-38-62-84)70-95-72-93-68-74(66-91)43-19-4-7-40-64-89-86(79-51-27-12-28-52-79,80-53-29-13-30-54-80)81-55-31-14-32-56-81;1-13(2)19(14(3)4)25(23-10-6-9-17)24-12-11-22-16(21)8-7-15(20)18-5/h9-17,21-38,45-62,73-75,88-91H,2-8,18-20,39-44,63-72H2,1H3;13-14H,6-8,10-12H2,1-5H3,(H,18,20). The van der Waals surface area contributed by atoms with Gasteiger partial charge < -0.3 is 43.2 Å². The summed E-state index contributed by atoms with van der Waals surface area (Å²) in [5.74, 6) is 0.138. The fourth-order valence-corrected chi connectivity index (χ4v) is 17.6. The van der Waals surface area contributed by atoms with Crippen LogP contribution < -0.4 is 21.3 Å². The number of benzene rings is 9. The number of nitrogens with one attached hydrogen (secondary N) is 4. The second-order valence-corrected chi connectivity index (χ2v) is 33.1. The Morgan fingerprint density at radius 3 is 0.967 bits per heavy atom. The number of aliphatic hydroxyl groups is 1. The fraction of sp³-hybridized carbons (Fsp3) is 0.447. The molecule has 644 valence electrons. The van der Waals surface area contributed by atoms with Crippen LogP contribution in [0, 0.1) is 29.1 Å². The molecule has 0 saturated heterocycles. The van der Waals surface area contributed by atoms with Crippen molar-refractivity contribution >= 4 is 20.4 Å². The smallest absolute Gasteiger partial charge is 0.306 e. The lowest BCUT2D eigenvalue weighted by molar-refractivity contribution is -0.145. The number of ether oxygens (including phenoxy) is 5. The number of rotatable bonds is 60. The lowest BCUT2D eigenvalue weighted by Crippen LogP contribution is -2.45. The van der Waals surface area contributed by atoms with E-state index in [1.807, 2.05) is 33.8 Å². The summed E-state index contributed by atoms with van der Waals surface area (Å²) >= 11 is 0. The molecule has 0 aliphatic carbocycles. The molecule has 9 aromatic rings. The zero-order chi connectivity index (χ0) is 84.8. The van der Waals surface area contributed by atoms with Crippen LogP contribution in [0.3, 0.4) is 0 Å². The number of hydrogen-bond donors (Lipinski definition) is 5. The summed E-state index contributed by atoms with van der Waals surface area (Å²) < 4.78 is 43.6. The van der Waals surface area contributed by atoms with E-state index in [0.29, 0.717) is 45.4 Å². The first-order chi connectivity index (χ1) is 58.9. The second-order valence-electron chi connectivity index (χ2n) is 31.6. The van der Waals surface area contributed by atoms with Gasteiger partial charge in [0.1, 0.15) is 20.2 Å². The van der Waals surface area contributed by atoms with Gasteiger partial charge in [0.15, 0.2) is 0 Å². The molecular weight excluding hydrogens is 1510 g/mol. The molecule has 5 N–H and O–H groups in total. The lowest BCUT2D eigenvalue weighted by atomic mass is 9.77. The average Bonchev–Trinajstić information content (AvgIpc) is 0.770. The SMILES string of the molecule is CCC(CCCCCCNC(c1ccccc1)(c1ccccc1)c1ccccc1)COCOCC(CCCCCCNC(c1ccccc1)(c1ccccc1)c1ccccc1)COCOCC(CO)CCCCCCNC(c1ccccc1)(c1ccccc1)c1ccccc1.CNC(=O)CCC(=O)OCCOP(OCCC#N)N(C(C)C)C(C)C. The van der Waals surface area contributed by atoms with E-state index in [2.05, 4.69) is 306 Å². The van der Waals surface area contributed by atoms with Crippen LogP contribution in [0.1, 0.15) is 207 Å². The normalized spacial score (nSPS) is 12.8. The van der Waals surface area contributed by atoms with Crippen LogP contribution in [0.5, 0.6) is 0 Å². The molecule has 9 rings (SSSR count). The van der Waals surface area contributed by atoms with Crippen LogP contribution in [0.2, 0.25) is 0 Å². The Bertz CT molecular complexity index is 3690. The second kappa shape index (κ2) is 56.9. The molecule has 0 aliphatic heterocycles. The molecule has 120 heavy (non-hydrogen) atoms. The van der Waals surface area contributed by atoms with Crippen molar-refractivity contribution in [3.63, 3.8) is 0 Å². The molecule has 4 unspecified atom stereocenters. The quantitative estimate of drug-likeness (QED) is 0.00794. The number of hydrogen-bond acceptors (Lipinski definition) is 15. The molecule has 0 aliphatic rings. The minimum Gasteiger partial charge on any atom is -0.463 e. The van der Waals surface area contributed by atoms with Gasteiger partial charge >= 0.3 is 5.97 Å². The molecule has 16 nitrogen and oxygen atoms in total. The van der Waals surface area contributed by atoms with Crippen LogP contribution in [0.15, 0.2) is 273 Å². The predicted molar refractivity (Wildman–Crippen MR) is 488 cm³/mol. The first-order valence-corrected chi connectivity index (χ1v) is 45.3. The maximum atomic E-state index is 11.5. The number of carbonyl (C=O) groups excluding carboxylic acids is 2. The minimum absolute atomic E-state index is 0.0389. The van der Waals surface area contributed by atoms with Gasteiger partial charge in [-0.3, -0.25) is 25.5 Å². The summed E-state index contributed by atoms with van der Waals surface area (Å²) in [6.45, 7) is 16.6. The highest BCUT2D eigenvalue weighted by molar-refractivity contribution is 7.44. The molecule has 1 amide bonds. The number of esters is 1. The Kier molecular flexibility index (Phi) is 45.9. The van der Waals surface area contributed by atoms with Crippen molar-refractivity contribution in [3.05, 3.63) is 323 Å². The van der Waals surface area contributed by atoms with Gasteiger partial charge in [0.25, 0.3) is 8.53 Å². The van der Waals surface area contributed by atoms with Crippen molar-refractivity contribution in [1.82, 2.24) is 25.9 Å². The number of amides is 1. The zero-order valence-corrected chi connectivity index (χ0v) is 73.4. The van der Waals surface area contributed by atoms with Gasteiger partial charge in [-0.1, -0.05) is 344 Å². The molecule has 0 aromatic heterocycles. The summed E-state index contributed by atoms with van der Waals surface area (Å²) in [4.78, 5) is 22.6. The van der Waals surface area contributed by atoms with Gasteiger partial charge in [-0.05, 0) is 142 Å². The first-order valence-electron chi connectivity index (χ1n) is 44.2. The highest BCUT2D eigenvalue weighted by atomic mass is 31.2. The van der Waals surface area contributed by atoms with Crippen molar-refractivity contribution in [2.45, 2.75) is 185 Å². The molecule has 0 saturated carbocycles. The molecule has 4 atom stereocenters. The number of unbranched alkanes of at least 4 members (excludes halogenated alkanes) is 9. The molecule has 0 spiro atoms. The minimum atomic E-state index is -1.34. The van der Waals surface area contributed by atoms with Gasteiger partial charge in [-0.2, -0.15) is 5.26 Å². The Morgan fingerprint density at radius 2 is 0.675 bits per heavy atom. The third-order valence-electron chi connectivity index (χ3n) is 22.3. The van der Waals surface area contributed by atoms with Crippen LogP contribution in [0.25, 0.3) is 0 Å². The van der Waals surface area contributed by atoms with Crippen LogP contribution in [-0.2, 0) is 58.9 Å². The van der Waals surface area contributed by atoms with Crippen molar-refractivity contribution in [2.24, 2.45) is 17.8 Å². The third-order valence-corrected chi connectivity index (χ3v) is 24.4. The Hall–Kier alpha value is -8.60. The maximum Gasteiger partial charge on any atom is 0.306 e. The van der Waals surface area contributed by atoms with Gasteiger partial charge in [0, 0.05) is 44.0 Å². The summed E-state index contributed by atoms with van der Waals surface area (Å²) in [5.41, 5.74) is 9.80. The Morgan fingerprint density at radius 1 is 0.392 bits per heavy atom.